The molecular weight excluding hydrogens is 370 g/mol. The van der Waals surface area contributed by atoms with E-state index in [4.69, 9.17) is 4.74 Å². The highest BCUT2D eigenvalue weighted by molar-refractivity contribution is 5.98. The lowest BCUT2D eigenvalue weighted by Crippen LogP contribution is -2.59. The summed E-state index contributed by atoms with van der Waals surface area (Å²) in [5.41, 5.74) is 2.54. The van der Waals surface area contributed by atoms with Gasteiger partial charge in [0.2, 0.25) is 5.88 Å². The van der Waals surface area contributed by atoms with Crippen LogP contribution in [0.25, 0.3) is 10.9 Å². The van der Waals surface area contributed by atoms with E-state index in [1.807, 2.05) is 29.2 Å². The zero-order valence-electron chi connectivity index (χ0n) is 16.1. The number of methoxy groups -OCH3 is 1. The van der Waals surface area contributed by atoms with Crippen LogP contribution in [0.15, 0.2) is 36.5 Å². The number of H-pyrrole nitrogens is 1. The van der Waals surface area contributed by atoms with Crippen molar-refractivity contribution in [3.8, 4) is 5.88 Å². The van der Waals surface area contributed by atoms with E-state index in [0.29, 0.717) is 30.2 Å². The highest BCUT2D eigenvalue weighted by atomic mass is 16.5. The summed E-state index contributed by atoms with van der Waals surface area (Å²) in [5.74, 6) is 0.393. The largest absolute Gasteiger partial charge is 0.481 e. The highest BCUT2D eigenvalue weighted by Gasteiger charge is 2.42. The van der Waals surface area contributed by atoms with Gasteiger partial charge in [0.1, 0.15) is 5.69 Å². The molecule has 4 heterocycles. The van der Waals surface area contributed by atoms with Crippen LogP contribution in [-0.4, -0.2) is 57.6 Å². The van der Waals surface area contributed by atoms with Crippen LogP contribution in [0.5, 0.6) is 5.88 Å². The van der Waals surface area contributed by atoms with Gasteiger partial charge in [-0.05, 0) is 37.5 Å². The molecule has 29 heavy (non-hydrogen) atoms. The van der Waals surface area contributed by atoms with Crippen molar-refractivity contribution in [3.05, 3.63) is 53.3 Å². The molecule has 1 spiro atoms. The average molecular weight is 391 g/mol. The van der Waals surface area contributed by atoms with Crippen LogP contribution < -0.4 is 10.1 Å². The van der Waals surface area contributed by atoms with Gasteiger partial charge in [-0.2, -0.15) is 5.10 Å². The van der Waals surface area contributed by atoms with E-state index in [9.17, 15) is 9.59 Å². The third-order valence-electron chi connectivity index (χ3n) is 5.98. The standard InChI is InChI=1S/C21H21N5O3/c1-29-17-5-4-13-2-3-14(10-16(13)23-17)20(28)26-8-6-21(7-9-26)11-15-12-22-25-18(15)19(27)24-21/h2-5,10,12H,6-9,11H2,1H3,(H,22,25)(H,24,27). The lowest BCUT2D eigenvalue weighted by molar-refractivity contribution is 0.0605. The summed E-state index contributed by atoms with van der Waals surface area (Å²) in [6.07, 6.45) is 3.90. The first-order valence-corrected chi connectivity index (χ1v) is 9.66. The molecule has 8 heteroatoms. The van der Waals surface area contributed by atoms with Crippen LogP contribution in [0.3, 0.4) is 0 Å². The summed E-state index contributed by atoms with van der Waals surface area (Å²) in [5, 5.41) is 10.8. The maximum Gasteiger partial charge on any atom is 0.270 e. The number of piperidine rings is 1. The van der Waals surface area contributed by atoms with Crippen LogP contribution in [-0.2, 0) is 6.42 Å². The average Bonchev–Trinajstić information content (AvgIpc) is 3.21. The predicted octanol–water partition coefficient (Wildman–Crippen LogP) is 1.93. The Hall–Kier alpha value is -3.42. The number of amides is 2. The second-order valence-electron chi connectivity index (χ2n) is 7.73. The Kier molecular flexibility index (Phi) is 4.01. The van der Waals surface area contributed by atoms with Gasteiger partial charge in [0, 0.05) is 41.2 Å². The van der Waals surface area contributed by atoms with E-state index < -0.39 is 0 Å². The lowest BCUT2D eigenvalue weighted by Gasteiger charge is -2.44. The fourth-order valence-corrected chi connectivity index (χ4v) is 4.32. The molecule has 0 atom stereocenters. The fourth-order valence-electron chi connectivity index (χ4n) is 4.32. The number of ether oxygens (including phenoxy) is 1. The van der Waals surface area contributed by atoms with Gasteiger partial charge >= 0.3 is 0 Å². The molecule has 148 valence electrons. The summed E-state index contributed by atoms with van der Waals surface area (Å²) < 4.78 is 5.18. The van der Waals surface area contributed by atoms with Crippen molar-refractivity contribution in [3.63, 3.8) is 0 Å². The number of aromatic nitrogens is 3. The monoisotopic (exact) mass is 391 g/mol. The number of aromatic amines is 1. The van der Waals surface area contributed by atoms with Gasteiger partial charge < -0.3 is 15.0 Å². The molecule has 2 aliphatic heterocycles. The molecule has 8 nitrogen and oxygen atoms in total. The summed E-state index contributed by atoms with van der Waals surface area (Å²) in [6.45, 7) is 1.19. The second-order valence-corrected chi connectivity index (χ2v) is 7.73. The Morgan fingerprint density at radius 1 is 1.21 bits per heavy atom. The zero-order valence-corrected chi connectivity index (χ0v) is 16.1. The Labute approximate surface area is 167 Å². The van der Waals surface area contributed by atoms with E-state index in [-0.39, 0.29) is 17.4 Å². The third-order valence-corrected chi connectivity index (χ3v) is 5.98. The van der Waals surface area contributed by atoms with Crippen molar-refractivity contribution in [2.75, 3.05) is 20.2 Å². The van der Waals surface area contributed by atoms with Gasteiger partial charge in [-0.3, -0.25) is 14.7 Å². The van der Waals surface area contributed by atoms with Gasteiger partial charge in [-0.25, -0.2) is 4.98 Å². The first-order valence-electron chi connectivity index (χ1n) is 9.66. The van der Waals surface area contributed by atoms with Crippen molar-refractivity contribution in [2.24, 2.45) is 0 Å². The number of pyridine rings is 1. The van der Waals surface area contributed by atoms with E-state index in [0.717, 1.165) is 35.7 Å². The third kappa shape index (κ3) is 3.00. The normalized spacial score (nSPS) is 17.8. The molecule has 1 aromatic carbocycles. The van der Waals surface area contributed by atoms with Crippen LogP contribution >= 0.6 is 0 Å². The van der Waals surface area contributed by atoms with Crippen molar-refractivity contribution >= 4 is 22.7 Å². The minimum Gasteiger partial charge on any atom is -0.481 e. The molecule has 2 N–H and O–H groups in total. The van der Waals surface area contributed by atoms with Crippen molar-refractivity contribution < 1.29 is 14.3 Å². The molecule has 3 aromatic rings. The van der Waals surface area contributed by atoms with Gasteiger partial charge in [0.05, 0.1) is 18.8 Å². The van der Waals surface area contributed by atoms with E-state index in [1.165, 1.54) is 0 Å². The number of fused-ring (bicyclic) bond motifs is 2. The maximum absolute atomic E-state index is 13.1. The molecule has 0 aliphatic carbocycles. The van der Waals surface area contributed by atoms with E-state index in [2.05, 4.69) is 20.5 Å². The number of likely N-dealkylation sites (tertiary alicyclic amines) is 1. The molecule has 5 rings (SSSR count). The summed E-state index contributed by atoms with van der Waals surface area (Å²) in [6, 6.07) is 9.28. The Morgan fingerprint density at radius 3 is 2.79 bits per heavy atom. The number of carbonyl (C=O) groups is 2. The van der Waals surface area contributed by atoms with Crippen LogP contribution in [0.4, 0.5) is 0 Å². The number of rotatable bonds is 2. The van der Waals surface area contributed by atoms with Crippen molar-refractivity contribution in [2.45, 2.75) is 24.8 Å². The van der Waals surface area contributed by atoms with Gasteiger partial charge in [-0.1, -0.05) is 6.07 Å². The summed E-state index contributed by atoms with van der Waals surface area (Å²) >= 11 is 0. The highest BCUT2D eigenvalue weighted by Crippen LogP contribution is 2.31. The van der Waals surface area contributed by atoms with Crippen LogP contribution in [0.2, 0.25) is 0 Å². The predicted molar refractivity (Wildman–Crippen MR) is 106 cm³/mol. The fraction of sp³-hybridized carbons (Fsp3) is 0.333. The first kappa shape index (κ1) is 17.7. The summed E-state index contributed by atoms with van der Waals surface area (Å²) in [7, 11) is 1.57. The molecule has 0 radical (unpaired) electrons. The summed E-state index contributed by atoms with van der Waals surface area (Å²) in [4.78, 5) is 31.7. The number of carbonyl (C=O) groups excluding carboxylic acids is 2. The SMILES string of the molecule is COc1ccc2ccc(C(=O)N3CCC4(CC3)Cc3cn[nH]c3C(=O)N4)cc2n1. The lowest BCUT2D eigenvalue weighted by atomic mass is 9.79. The van der Waals surface area contributed by atoms with Crippen LogP contribution in [0, 0.1) is 0 Å². The molecule has 0 bridgehead atoms. The van der Waals surface area contributed by atoms with E-state index >= 15 is 0 Å². The maximum atomic E-state index is 13.1. The molecule has 1 fully saturated rings. The Balaban J connectivity index is 1.33. The molecule has 0 saturated carbocycles. The van der Waals surface area contributed by atoms with Crippen molar-refractivity contribution in [1.29, 1.82) is 0 Å². The Morgan fingerprint density at radius 2 is 2.00 bits per heavy atom. The van der Waals surface area contributed by atoms with E-state index in [1.54, 1.807) is 19.4 Å². The Bertz CT molecular complexity index is 1110. The smallest absolute Gasteiger partial charge is 0.270 e. The first-order chi connectivity index (χ1) is 14.1. The second kappa shape index (κ2) is 6.58. The topological polar surface area (TPSA) is 100 Å². The molecule has 0 unspecified atom stereocenters. The number of benzene rings is 1. The molecular formula is C21H21N5O3. The molecule has 2 aromatic heterocycles. The number of hydrogen-bond donors (Lipinski definition) is 2. The molecule has 2 amide bonds. The minimum atomic E-state index is -0.303. The number of nitrogens with one attached hydrogen (secondary N) is 2. The van der Waals surface area contributed by atoms with Gasteiger partial charge in [0.15, 0.2) is 0 Å². The van der Waals surface area contributed by atoms with Crippen LogP contribution in [0.1, 0.15) is 39.3 Å². The van der Waals surface area contributed by atoms with Crippen molar-refractivity contribution in [1.82, 2.24) is 25.4 Å². The minimum absolute atomic E-state index is 0.0162. The molecule has 2 aliphatic rings. The zero-order chi connectivity index (χ0) is 20.0. The quantitative estimate of drug-likeness (QED) is 0.695. The van der Waals surface area contributed by atoms with Gasteiger partial charge in [0.25, 0.3) is 11.8 Å². The molecule has 1 saturated heterocycles. The number of hydrogen-bond acceptors (Lipinski definition) is 5. The number of nitrogens with zero attached hydrogens (tertiary/aromatic N) is 3. The van der Waals surface area contributed by atoms with Gasteiger partial charge in [-0.15, -0.1) is 0 Å².